The zero-order valence-electron chi connectivity index (χ0n) is 32.3. The van der Waals surface area contributed by atoms with Gasteiger partial charge in [0.25, 0.3) is 0 Å². The van der Waals surface area contributed by atoms with Gasteiger partial charge in [-0.2, -0.15) is 0 Å². The van der Waals surface area contributed by atoms with Crippen LogP contribution in [0.15, 0.2) is 199 Å². The second kappa shape index (κ2) is 12.0. The Bertz CT molecular complexity index is 4130. The molecule has 0 unspecified atom stereocenters. The van der Waals surface area contributed by atoms with E-state index in [0.717, 1.165) is 21.9 Å². The van der Waals surface area contributed by atoms with Crippen LogP contribution in [0.4, 0.5) is 0 Å². The van der Waals surface area contributed by atoms with E-state index < -0.39 is 0 Å². The SMILES string of the molecule is c1ccc2cc3c(cc2c1)oc1ccc(-c2c4ccccc4c(-c4ccc5c(c4)sc4cc6c7ccccc7c7cc8ccccc8cc7c6cc45)c4ccccc24)cc13. The fourth-order valence-electron chi connectivity index (χ4n) is 10.4. The zero-order chi connectivity index (χ0) is 39.1. The van der Waals surface area contributed by atoms with E-state index in [2.05, 4.69) is 194 Å². The van der Waals surface area contributed by atoms with Crippen LogP contribution < -0.4 is 0 Å². The first-order chi connectivity index (χ1) is 29.7. The lowest BCUT2D eigenvalue weighted by atomic mass is 9.85. The first-order valence-electron chi connectivity index (χ1n) is 20.6. The summed E-state index contributed by atoms with van der Waals surface area (Å²) in [7, 11) is 0. The van der Waals surface area contributed by atoms with Gasteiger partial charge in [0.05, 0.1) is 0 Å². The second-order valence-corrected chi connectivity index (χ2v) is 17.4. The van der Waals surface area contributed by atoms with E-state index in [-0.39, 0.29) is 0 Å². The van der Waals surface area contributed by atoms with Gasteiger partial charge in [-0.3, -0.25) is 0 Å². The molecule has 60 heavy (non-hydrogen) atoms. The van der Waals surface area contributed by atoms with E-state index in [1.54, 1.807) is 0 Å². The highest BCUT2D eigenvalue weighted by atomic mass is 32.1. The van der Waals surface area contributed by atoms with Crippen molar-refractivity contribution in [3.8, 4) is 22.3 Å². The predicted octanol–water partition coefficient (Wildman–Crippen LogP) is 17.4. The average molecular weight is 777 g/mol. The lowest BCUT2D eigenvalue weighted by molar-refractivity contribution is 0.669. The molecule has 0 spiro atoms. The van der Waals surface area contributed by atoms with Gasteiger partial charge in [0.1, 0.15) is 11.2 Å². The number of furan rings is 1. The highest BCUT2D eigenvalue weighted by Crippen LogP contribution is 2.48. The summed E-state index contributed by atoms with van der Waals surface area (Å²) in [6.07, 6.45) is 0. The Hall–Kier alpha value is -7.52. The summed E-state index contributed by atoms with van der Waals surface area (Å²) in [5.74, 6) is 0. The van der Waals surface area contributed by atoms with Gasteiger partial charge >= 0.3 is 0 Å². The monoisotopic (exact) mass is 776 g/mol. The van der Waals surface area contributed by atoms with Gasteiger partial charge < -0.3 is 4.42 Å². The van der Waals surface area contributed by atoms with Gasteiger partial charge in [-0.1, -0.05) is 140 Å². The average Bonchev–Trinajstić information content (AvgIpc) is 3.85. The molecule has 0 saturated heterocycles. The molecular weight excluding hydrogens is 745 g/mol. The van der Waals surface area contributed by atoms with Crippen molar-refractivity contribution in [1.82, 2.24) is 0 Å². The highest BCUT2D eigenvalue weighted by molar-refractivity contribution is 7.26. The largest absolute Gasteiger partial charge is 0.456 e. The molecule has 0 aliphatic heterocycles. The van der Waals surface area contributed by atoms with Crippen LogP contribution in [0.2, 0.25) is 0 Å². The van der Waals surface area contributed by atoms with E-state index in [9.17, 15) is 0 Å². The van der Waals surface area contributed by atoms with Crippen LogP contribution in [0.3, 0.4) is 0 Å². The van der Waals surface area contributed by atoms with Crippen molar-refractivity contribution in [2.45, 2.75) is 0 Å². The van der Waals surface area contributed by atoms with E-state index in [1.807, 2.05) is 11.3 Å². The van der Waals surface area contributed by atoms with Crippen molar-refractivity contribution in [1.29, 1.82) is 0 Å². The van der Waals surface area contributed by atoms with Crippen molar-refractivity contribution in [2.24, 2.45) is 0 Å². The van der Waals surface area contributed by atoms with Crippen molar-refractivity contribution in [3.05, 3.63) is 194 Å². The summed E-state index contributed by atoms with van der Waals surface area (Å²) in [4.78, 5) is 0. The minimum atomic E-state index is 0.911. The molecule has 2 heteroatoms. The molecule has 0 radical (unpaired) electrons. The first kappa shape index (κ1) is 32.4. The minimum absolute atomic E-state index is 0.911. The number of hydrogen-bond acceptors (Lipinski definition) is 2. The number of rotatable bonds is 2. The zero-order valence-corrected chi connectivity index (χ0v) is 33.1. The molecule has 0 saturated carbocycles. The number of benzene rings is 12. The molecule has 0 amide bonds. The third-order valence-electron chi connectivity index (χ3n) is 13.1. The molecule has 0 atom stereocenters. The lowest BCUT2D eigenvalue weighted by Crippen LogP contribution is -1.90. The summed E-state index contributed by atoms with van der Waals surface area (Å²) in [5, 5.41) is 22.7. The topological polar surface area (TPSA) is 13.1 Å². The smallest absolute Gasteiger partial charge is 0.136 e. The van der Waals surface area contributed by atoms with Gasteiger partial charge in [0.2, 0.25) is 0 Å². The van der Waals surface area contributed by atoms with Crippen molar-refractivity contribution >= 4 is 129 Å². The third-order valence-corrected chi connectivity index (χ3v) is 14.3. The molecule has 0 aliphatic carbocycles. The maximum atomic E-state index is 6.44. The summed E-state index contributed by atoms with van der Waals surface area (Å²) in [6, 6.07) is 72.2. The molecule has 12 aromatic carbocycles. The molecule has 14 aromatic rings. The van der Waals surface area contributed by atoms with E-state index in [4.69, 9.17) is 4.42 Å². The normalized spacial score (nSPS) is 12.3. The Morgan fingerprint density at radius 1 is 0.250 bits per heavy atom. The minimum Gasteiger partial charge on any atom is -0.456 e. The first-order valence-corrected chi connectivity index (χ1v) is 21.5. The predicted molar refractivity (Wildman–Crippen MR) is 260 cm³/mol. The van der Waals surface area contributed by atoms with Crippen molar-refractivity contribution in [2.75, 3.05) is 0 Å². The van der Waals surface area contributed by atoms with Crippen LogP contribution in [-0.4, -0.2) is 0 Å². The quantitative estimate of drug-likeness (QED) is 0.126. The third kappa shape index (κ3) is 4.51. The second-order valence-electron chi connectivity index (χ2n) is 16.3. The number of fused-ring (bicyclic) bond motifs is 16. The molecule has 0 N–H and O–H groups in total. The summed E-state index contributed by atoms with van der Waals surface area (Å²) in [5.41, 5.74) is 6.80. The number of hydrogen-bond donors (Lipinski definition) is 0. The Balaban J connectivity index is 0.994. The molecule has 0 bridgehead atoms. The summed E-state index contributed by atoms with van der Waals surface area (Å²) < 4.78 is 9.06. The Morgan fingerprint density at radius 3 is 1.30 bits per heavy atom. The van der Waals surface area contributed by atoms with E-state index in [0.29, 0.717) is 0 Å². The van der Waals surface area contributed by atoms with Crippen molar-refractivity contribution < 1.29 is 4.42 Å². The van der Waals surface area contributed by atoms with Gasteiger partial charge in [0.15, 0.2) is 0 Å². The Morgan fingerprint density at radius 2 is 0.683 bits per heavy atom. The van der Waals surface area contributed by atoms with Crippen LogP contribution in [0, 0.1) is 0 Å². The maximum Gasteiger partial charge on any atom is 0.136 e. The standard InChI is InChI=1S/C58H32OS/c1-2-12-34-26-47-46(25-33(34)11-1)39-15-5-6-16-40(39)49-32-56-52(31-48(47)49)41-23-21-38(30-55(41)60-56)58-44-19-9-7-17-42(44)57(43-18-8-10-20-45(43)58)37-22-24-53-50(28-37)51-27-35-13-3-4-14-36(35)29-54(51)59-53/h1-32H. The van der Waals surface area contributed by atoms with Gasteiger partial charge in [-0.05, 0) is 152 Å². The number of thiophene rings is 1. The van der Waals surface area contributed by atoms with Crippen LogP contribution in [0.1, 0.15) is 0 Å². The van der Waals surface area contributed by atoms with Crippen molar-refractivity contribution in [3.63, 3.8) is 0 Å². The molecule has 1 nitrogen and oxygen atoms in total. The maximum absolute atomic E-state index is 6.44. The molecule has 14 rings (SSSR count). The van der Waals surface area contributed by atoms with Gasteiger partial charge in [-0.25, -0.2) is 0 Å². The Labute approximate surface area is 347 Å². The summed E-state index contributed by atoms with van der Waals surface area (Å²) >= 11 is 1.91. The van der Waals surface area contributed by atoms with Gasteiger partial charge in [-0.15, -0.1) is 11.3 Å². The van der Waals surface area contributed by atoms with Crippen LogP contribution in [0.5, 0.6) is 0 Å². The molecule has 2 aromatic heterocycles. The fourth-order valence-corrected chi connectivity index (χ4v) is 11.6. The molecule has 2 heterocycles. The lowest BCUT2D eigenvalue weighted by Gasteiger charge is -2.18. The van der Waals surface area contributed by atoms with Crippen LogP contribution >= 0.6 is 11.3 Å². The molecule has 0 fully saturated rings. The van der Waals surface area contributed by atoms with Gasteiger partial charge in [0, 0.05) is 30.9 Å². The fraction of sp³-hybridized carbons (Fsp3) is 0. The van der Waals surface area contributed by atoms with E-state index in [1.165, 1.54) is 118 Å². The van der Waals surface area contributed by atoms with E-state index >= 15 is 0 Å². The Kier molecular flexibility index (Phi) is 6.50. The van der Waals surface area contributed by atoms with Crippen LogP contribution in [-0.2, 0) is 0 Å². The molecule has 276 valence electrons. The molecular formula is C58H32OS. The van der Waals surface area contributed by atoms with Crippen LogP contribution in [0.25, 0.3) is 140 Å². The highest BCUT2D eigenvalue weighted by Gasteiger charge is 2.20. The molecule has 0 aliphatic rings. The summed E-state index contributed by atoms with van der Waals surface area (Å²) in [6.45, 7) is 0.